The molecular weight excluding hydrogens is 292 g/mol. The van der Waals surface area contributed by atoms with Crippen molar-refractivity contribution < 1.29 is 14.3 Å². The van der Waals surface area contributed by atoms with Gasteiger partial charge in [-0.3, -0.25) is 4.79 Å². The number of hydrogen-bond acceptors (Lipinski definition) is 4. The molecule has 1 aliphatic rings. The Labute approximate surface area is 138 Å². The predicted molar refractivity (Wildman–Crippen MR) is 90.0 cm³/mol. The zero-order chi connectivity index (χ0) is 16.3. The highest BCUT2D eigenvalue weighted by Crippen LogP contribution is 2.15. The maximum Gasteiger partial charge on any atom is 0.221 e. The number of ether oxygens (including phenoxy) is 2. The molecule has 1 saturated heterocycles. The summed E-state index contributed by atoms with van der Waals surface area (Å²) < 4.78 is 11.0. The number of hydrogen-bond donors (Lipinski definition) is 2. The number of benzene rings is 1. The number of carbonyl (C=O) groups excluding carboxylic acids is 1. The van der Waals surface area contributed by atoms with Gasteiger partial charge < -0.3 is 20.5 Å². The maximum atomic E-state index is 11.9. The van der Waals surface area contributed by atoms with Gasteiger partial charge in [-0.05, 0) is 30.7 Å². The summed E-state index contributed by atoms with van der Waals surface area (Å²) in [5.41, 5.74) is 7.02. The quantitative estimate of drug-likeness (QED) is 0.683. The molecule has 3 N–H and O–H groups in total. The average Bonchev–Trinajstić information content (AvgIpc) is 2.59. The fraction of sp³-hybridized carbons (Fsp3) is 0.611. The van der Waals surface area contributed by atoms with E-state index in [1.54, 1.807) is 0 Å². The topological polar surface area (TPSA) is 73.6 Å². The largest absolute Gasteiger partial charge is 0.381 e. The van der Waals surface area contributed by atoms with Crippen LogP contribution in [0, 0.1) is 5.92 Å². The van der Waals surface area contributed by atoms with E-state index in [2.05, 4.69) is 5.32 Å². The van der Waals surface area contributed by atoms with Gasteiger partial charge in [-0.1, -0.05) is 30.3 Å². The lowest BCUT2D eigenvalue weighted by Crippen LogP contribution is -2.29. The summed E-state index contributed by atoms with van der Waals surface area (Å²) in [4.78, 5) is 11.9. The van der Waals surface area contributed by atoms with E-state index in [4.69, 9.17) is 15.2 Å². The highest BCUT2D eigenvalue weighted by atomic mass is 16.5. The maximum absolute atomic E-state index is 11.9. The van der Waals surface area contributed by atoms with E-state index in [9.17, 15) is 4.79 Å². The van der Waals surface area contributed by atoms with Crippen molar-refractivity contribution >= 4 is 5.91 Å². The molecule has 1 aromatic rings. The summed E-state index contributed by atoms with van der Waals surface area (Å²) in [6, 6.07) is 9.45. The van der Waals surface area contributed by atoms with Crippen LogP contribution in [-0.2, 0) is 14.3 Å². The Bertz CT molecular complexity index is 447. The highest BCUT2D eigenvalue weighted by molar-refractivity contribution is 5.76. The van der Waals surface area contributed by atoms with Gasteiger partial charge in [0.05, 0.1) is 0 Å². The van der Waals surface area contributed by atoms with E-state index >= 15 is 0 Å². The summed E-state index contributed by atoms with van der Waals surface area (Å²) in [5, 5.41) is 2.90. The monoisotopic (exact) mass is 320 g/mol. The molecule has 23 heavy (non-hydrogen) atoms. The van der Waals surface area contributed by atoms with E-state index in [-0.39, 0.29) is 11.9 Å². The zero-order valence-corrected chi connectivity index (χ0v) is 13.7. The molecule has 2 rings (SSSR count). The second-order valence-electron chi connectivity index (χ2n) is 6.06. The third-order valence-corrected chi connectivity index (χ3v) is 4.12. The van der Waals surface area contributed by atoms with Gasteiger partial charge in [0.2, 0.25) is 5.91 Å². The molecule has 0 spiro atoms. The first-order chi connectivity index (χ1) is 11.3. The molecule has 0 bridgehead atoms. The summed E-state index contributed by atoms with van der Waals surface area (Å²) in [6.07, 6.45) is 3.32. The first-order valence-corrected chi connectivity index (χ1v) is 8.48. The smallest absolute Gasteiger partial charge is 0.221 e. The minimum Gasteiger partial charge on any atom is -0.381 e. The molecule has 5 nitrogen and oxygen atoms in total. The molecular formula is C18H28N2O3. The summed E-state index contributed by atoms with van der Waals surface area (Å²) in [6.45, 7) is 3.82. The third kappa shape index (κ3) is 7.12. The molecule has 1 heterocycles. The number of amides is 1. The van der Waals surface area contributed by atoms with E-state index in [1.807, 2.05) is 30.3 Å². The van der Waals surface area contributed by atoms with E-state index in [0.29, 0.717) is 25.5 Å². The normalized spacial score (nSPS) is 16.9. The van der Waals surface area contributed by atoms with Gasteiger partial charge in [-0.15, -0.1) is 0 Å². The van der Waals surface area contributed by atoms with Gasteiger partial charge in [-0.25, -0.2) is 0 Å². The van der Waals surface area contributed by atoms with Gasteiger partial charge in [-0.2, -0.15) is 0 Å². The number of carbonyl (C=O) groups is 1. The zero-order valence-electron chi connectivity index (χ0n) is 13.7. The lowest BCUT2D eigenvalue weighted by molar-refractivity contribution is -0.121. The van der Waals surface area contributed by atoms with Gasteiger partial charge in [0.15, 0.2) is 0 Å². The molecule has 0 radical (unpaired) electrons. The van der Waals surface area contributed by atoms with Crippen LogP contribution in [-0.4, -0.2) is 38.9 Å². The van der Waals surface area contributed by atoms with Crippen LogP contribution in [0.2, 0.25) is 0 Å². The standard InChI is InChI=1S/C18H28N2O3/c19-17(16-5-2-1-3-6-16)13-18(21)20-9-4-10-23-14-15-7-11-22-12-8-15/h1-3,5-6,15,17H,4,7-14,19H2,(H,20,21). The average molecular weight is 320 g/mol. The van der Waals surface area contributed by atoms with E-state index in [1.165, 1.54) is 0 Å². The Morgan fingerprint density at radius 2 is 2.04 bits per heavy atom. The summed E-state index contributed by atoms with van der Waals surface area (Å²) in [7, 11) is 0. The van der Waals surface area contributed by atoms with Crippen molar-refractivity contribution in [3.8, 4) is 0 Å². The second-order valence-corrected chi connectivity index (χ2v) is 6.06. The Hall–Kier alpha value is -1.43. The van der Waals surface area contributed by atoms with Crippen LogP contribution < -0.4 is 11.1 Å². The van der Waals surface area contributed by atoms with Crippen LogP contribution >= 0.6 is 0 Å². The van der Waals surface area contributed by atoms with Crippen molar-refractivity contribution in [2.45, 2.75) is 31.7 Å². The molecule has 1 fully saturated rings. The molecule has 1 atom stereocenters. The molecule has 1 aromatic carbocycles. The number of nitrogens with one attached hydrogen (secondary N) is 1. The van der Waals surface area contributed by atoms with Crippen molar-refractivity contribution in [3.05, 3.63) is 35.9 Å². The van der Waals surface area contributed by atoms with Crippen LogP contribution in [0.15, 0.2) is 30.3 Å². The molecule has 1 aliphatic heterocycles. The highest BCUT2D eigenvalue weighted by Gasteiger charge is 2.13. The molecule has 0 saturated carbocycles. The van der Waals surface area contributed by atoms with Gasteiger partial charge in [0.25, 0.3) is 0 Å². The Kier molecular flexibility index (Phi) is 8.07. The van der Waals surface area contributed by atoms with Crippen molar-refractivity contribution in [1.82, 2.24) is 5.32 Å². The Morgan fingerprint density at radius 1 is 1.30 bits per heavy atom. The second kappa shape index (κ2) is 10.4. The fourth-order valence-corrected chi connectivity index (χ4v) is 2.66. The Morgan fingerprint density at radius 3 is 2.78 bits per heavy atom. The minimum atomic E-state index is -0.249. The van der Waals surface area contributed by atoms with E-state index < -0.39 is 0 Å². The minimum absolute atomic E-state index is 0.00853. The fourth-order valence-electron chi connectivity index (χ4n) is 2.66. The lowest BCUT2D eigenvalue weighted by Gasteiger charge is -2.21. The van der Waals surface area contributed by atoms with Gasteiger partial charge >= 0.3 is 0 Å². The third-order valence-electron chi connectivity index (χ3n) is 4.12. The van der Waals surface area contributed by atoms with Crippen LogP contribution in [0.3, 0.4) is 0 Å². The summed E-state index contributed by atoms with van der Waals surface area (Å²) >= 11 is 0. The van der Waals surface area contributed by atoms with Gasteiger partial charge in [0.1, 0.15) is 0 Å². The van der Waals surface area contributed by atoms with Crippen LogP contribution in [0.4, 0.5) is 0 Å². The van der Waals surface area contributed by atoms with Crippen LogP contribution in [0.5, 0.6) is 0 Å². The number of nitrogens with two attached hydrogens (primary N) is 1. The predicted octanol–water partition coefficient (Wildman–Crippen LogP) is 2.03. The van der Waals surface area contributed by atoms with E-state index in [0.717, 1.165) is 44.6 Å². The molecule has 0 aliphatic carbocycles. The first-order valence-electron chi connectivity index (χ1n) is 8.48. The van der Waals surface area contributed by atoms with Crippen molar-refractivity contribution in [1.29, 1.82) is 0 Å². The van der Waals surface area contributed by atoms with Gasteiger partial charge in [0, 0.05) is 45.4 Å². The molecule has 5 heteroatoms. The molecule has 1 unspecified atom stereocenters. The summed E-state index contributed by atoms with van der Waals surface area (Å²) in [5.74, 6) is 0.619. The van der Waals surface area contributed by atoms with Crippen LogP contribution in [0.25, 0.3) is 0 Å². The molecule has 128 valence electrons. The lowest BCUT2D eigenvalue weighted by atomic mass is 10.0. The van der Waals surface area contributed by atoms with Crippen molar-refractivity contribution in [3.63, 3.8) is 0 Å². The number of rotatable bonds is 9. The van der Waals surface area contributed by atoms with Crippen LogP contribution in [0.1, 0.15) is 37.3 Å². The Balaban J connectivity index is 1.49. The first kappa shape index (κ1) is 17.9. The van der Waals surface area contributed by atoms with Crippen molar-refractivity contribution in [2.24, 2.45) is 11.7 Å². The molecule has 1 amide bonds. The molecule has 0 aromatic heterocycles. The SMILES string of the molecule is NC(CC(=O)NCCCOCC1CCOCC1)c1ccccc1. The van der Waals surface area contributed by atoms with Crippen molar-refractivity contribution in [2.75, 3.05) is 33.0 Å².